The van der Waals surface area contributed by atoms with E-state index < -0.39 is 5.97 Å². The quantitative estimate of drug-likeness (QED) is 0.390. The lowest BCUT2D eigenvalue weighted by molar-refractivity contribution is -0.620. The minimum atomic E-state index is -0.545. The number of ether oxygens (including phenoxy) is 1. The number of carbonyl (C=O) groups excluding carboxylic acids is 1. The summed E-state index contributed by atoms with van der Waals surface area (Å²) in [7, 11) is 0. The van der Waals surface area contributed by atoms with Gasteiger partial charge in [-0.2, -0.15) is 5.10 Å². The Hall–Kier alpha value is -2.93. The van der Waals surface area contributed by atoms with E-state index in [9.17, 15) is 10.0 Å². The monoisotopic (exact) mass is 372 g/mol. The number of halogens is 1. The average molecular weight is 373 g/mol. The van der Waals surface area contributed by atoms with Crippen molar-refractivity contribution in [1.29, 1.82) is 0 Å². The van der Waals surface area contributed by atoms with Crippen LogP contribution in [-0.4, -0.2) is 20.7 Å². The molecule has 0 amide bonds. The van der Waals surface area contributed by atoms with Gasteiger partial charge >= 0.3 is 11.8 Å². The average Bonchev–Trinajstić information content (AvgIpc) is 2.89. The van der Waals surface area contributed by atoms with E-state index in [-0.39, 0.29) is 12.4 Å². The summed E-state index contributed by atoms with van der Waals surface area (Å²) >= 11 is 6.20. The van der Waals surface area contributed by atoms with E-state index in [0.29, 0.717) is 33.2 Å². The van der Waals surface area contributed by atoms with Crippen molar-refractivity contribution in [3.63, 3.8) is 0 Å². The fraction of sp³-hybridized carbons (Fsp3) is 0.222. The summed E-state index contributed by atoms with van der Waals surface area (Å²) in [5, 5.41) is 16.6. The summed E-state index contributed by atoms with van der Waals surface area (Å²) in [4.78, 5) is 16.4. The molecule has 2 heterocycles. The molecule has 3 aromatic rings. The predicted molar refractivity (Wildman–Crippen MR) is 94.6 cm³/mol. The maximum atomic E-state index is 12.5. The SMILES string of the molecule is Cc1nn(Cc2ccccc2Cl)c(C)c1C(=O)OCc1nccc[n+]1[O-]. The van der Waals surface area contributed by atoms with Crippen LogP contribution in [0.3, 0.4) is 0 Å². The lowest BCUT2D eigenvalue weighted by Gasteiger charge is -2.08. The second kappa shape index (κ2) is 7.53. The van der Waals surface area contributed by atoms with Gasteiger partial charge in [0.15, 0.2) is 6.61 Å². The van der Waals surface area contributed by atoms with Crippen molar-refractivity contribution in [2.24, 2.45) is 0 Å². The van der Waals surface area contributed by atoms with Gasteiger partial charge in [-0.25, -0.2) is 9.52 Å². The largest absolute Gasteiger partial charge is 0.711 e. The Labute approximate surface area is 155 Å². The number of esters is 1. The molecule has 0 radical (unpaired) electrons. The van der Waals surface area contributed by atoms with E-state index in [1.807, 2.05) is 24.3 Å². The normalized spacial score (nSPS) is 10.7. The van der Waals surface area contributed by atoms with Gasteiger partial charge in [0.25, 0.3) is 0 Å². The number of nitrogens with zero attached hydrogens (tertiary/aromatic N) is 4. The number of aryl methyl sites for hydroxylation is 1. The Kier molecular flexibility index (Phi) is 5.18. The van der Waals surface area contributed by atoms with E-state index >= 15 is 0 Å². The number of carbonyl (C=O) groups is 1. The highest BCUT2D eigenvalue weighted by molar-refractivity contribution is 6.31. The topological polar surface area (TPSA) is 84.0 Å². The first-order valence-electron chi connectivity index (χ1n) is 7.95. The number of rotatable bonds is 5. The third-order valence-corrected chi connectivity index (χ3v) is 4.35. The van der Waals surface area contributed by atoms with E-state index in [0.717, 1.165) is 5.56 Å². The van der Waals surface area contributed by atoms with Crippen LogP contribution in [0, 0.1) is 19.1 Å². The van der Waals surface area contributed by atoms with Crippen molar-refractivity contribution in [3.8, 4) is 0 Å². The summed E-state index contributed by atoms with van der Waals surface area (Å²) in [5.41, 5.74) is 2.50. The van der Waals surface area contributed by atoms with Gasteiger partial charge < -0.3 is 9.94 Å². The van der Waals surface area contributed by atoms with Crippen LogP contribution in [0.15, 0.2) is 42.7 Å². The van der Waals surface area contributed by atoms with Gasteiger partial charge in [-0.05, 0) is 30.5 Å². The summed E-state index contributed by atoms with van der Waals surface area (Å²) in [6.45, 7) is 3.77. The Morgan fingerprint density at radius 2 is 2.08 bits per heavy atom. The van der Waals surface area contributed by atoms with Crippen LogP contribution in [0.25, 0.3) is 0 Å². The molecule has 0 saturated carbocycles. The molecule has 2 aromatic heterocycles. The zero-order valence-electron chi connectivity index (χ0n) is 14.3. The van der Waals surface area contributed by atoms with Crippen LogP contribution in [0.1, 0.15) is 33.1 Å². The fourth-order valence-electron chi connectivity index (χ4n) is 2.63. The first-order valence-corrected chi connectivity index (χ1v) is 8.32. The molecule has 26 heavy (non-hydrogen) atoms. The minimum absolute atomic E-state index is 0.111. The molecule has 134 valence electrons. The van der Waals surface area contributed by atoms with E-state index in [1.54, 1.807) is 18.5 Å². The molecule has 0 aliphatic heterocycles. The van der Waals surface area contributed by atoms with Gasteiger partial charge in [-0.1, -0.05) is 29.8 Å². The second-order valence-corrected chi connectivity index (χ2v) is 6.14. The second-order valence-electron chi connectivity index (χ2n) is 5.73. The van der Waals surface area contributed by atoms with Gasteiger partial charge in [-0.3, -0.25) is 4.68 Å². The lowest BCUT2D eigenvalue weighted by atomic mass is 10.2. The highest BCUT2D eigenvalue weighted by Gasteiger charge is 2.22. The predicted octanol–water partition coefficient (Wildman–Crippen LogP) is 2.59. The molecule has 3 rings (SSSR count). The van der Waals surface area contributed by atoms with E-state index in [4.69, 9.17) is 16.3 Å². The molecule has 0 N–H and O–H groups in total. The Morgan fingerprint density at radius 1 is 1.31 bits per heavy atom. The first kappa shape index (κ1) is 17.9. The van der Waals surface area contributed by atoms with Gasteiger partial charge in [0.2, 0.25) is 0 Å². The van der Waals surface area contributed by atoms with Crippen molar-refractivity contribution >= 4 is 17.6 Å². The maximum absolute atomic E-state index is 12.5. The van der Waals surface area contributed by atoms with Crippen LogP contribution < -0.4 is 4.73 Å². The minimum Gasteiger partial charge on any atom is -0.711 e. The summed E-state index contributed by atoms with van der Waals surface area (Å²) in [6.07, 6.45) is 2.77. The van der Waals surface area contributed by atoms with Crippen molar-refractivity contribution < 1.29 is 14.3 Å². The van der Waals surface area contributed by atoms with Crippen molar-refractivity contribution in [2.45, 2.75) is 27.0 Å². The molecule has 0 unspecified atom stereocenters. The third-order valence-electron chi connectivity index (χ3n) is 3.98. The summed E-state index contributed by atoms with van der Waals surface area (Å²) in [5.74, 6) is -0.435. The molecule has 0 saturated heterocycles. The standard InChI is InChI=1S/C18H17ClN4O3/c1-12-17(18(24)26-11-16-20-8-5-9-23(16)25)13(2)22(21-12)10-14-6-3-4-7-15(14)19/h3-9H,10-11H2,1-2H3. The molecule has 0 spiro atoms. The Balaban J connectivity index is 1.78. The highest BCUT2D eigenvalue weighted by Crippen LogP contribution is 2.20. The molecule has 7 nitrogen and oxygen atoms in total. The fourth-order valence-corrected chi connectivity index (χ4v) is 2.82. The molecular formula is C18H17ClN4O3. The molecule has 8 heteroatoms. The molecular weight excluding hydrogens is 356 g/mol. The maximum Gasteiger partial charge on any atom is 0.342 e. The summed E-state index contributed by atoms with van der Waals surface area (Å²) in [6, 6.07) is 8.97. The number of hydrogen-bond acceptors (Lipinski definition) is 5. The Bertz CT molecular complexity index is 955. The molecule has 0 bridgehead atoms. The van der Waals surface area contributed by atoms with Gasteiger partial charge in [0.05, 0.1) is 24.1 Å². The molecule has 0 fully saturated rings. The number of hydrogen-bond donors (Lipinski definition) is 0. The smallest absolute Gasteiger partial charge is 0.342 e. The zero-order valence-corrected chi connectivity index (χ0v) is 15.1. The van der Waals surface area contributed by atoms with E-state index in [1.165, 1.54) is 18.5 Å². The van der Waals surface area contributed by atoms with Crippen LogP contribution in [0.2, 0.25) is 5.02 Å². The zero-order chi connectivity index (χ0) is 18.7. The molecule has 1 aromatic carbocycles. The number of aromatic nitrogens is 4. The molecule has 0 atom stereocenters. The third kappa shape index (κ3) is 3.67. The number of benzene rings is 1. The van der Waals surface area contributed by atoms with Crippen LogP contribution in [0.4, 0.5) is 0 Å². The first-order chi connectivity index (χ1) is 12.5. The van der Waals surface area contributed by atoms with Crippen LogP contribution in [0.5, 0.6) is 0 Å². The van der Waals surface area contributed by atoms with Crippen molar-refractivity contribution in [2.75, 3.05) is 0 Å². The van der Waals surface area contributed by atoms with Crippen LogP contribution >= 0.6 is 11.6 Å². The van der Waals surface area contributed by atoms with Gasteiger partial charge in [-0.15, -0.1) is 0 Å². The van der Waals surface area contributed by atoms with Crippen LogP contribution in [-0.2, 0) is 17.9 Å². The molecule has 0 aliphatic carbocycles. The van der Waals surface area contributed by atoms with Crippen molar-refractivity contribution in [3.05, 3.63) is 81.3 Å². The van der Waals surface area contributed by atoms with Crippen molar-refractivity contribution in [1.82, 2.24) is 14.8 Å². The van der Waals surface area contributed by atoms with E-state index in [2.05, 4.69) is 10.1 Å². The van der Waals surface area contributed by atoms with Gasteiger partial charge in [0.1, 0.15) is 11.8 Å². The highest BCUT2D eigenvalue weighted by atomic mass is 35.5. The lowest BCUT2D eigenvalue weighted by Crippen LogP contribution is -2.33. The molecule has 0 aliphatic rings. The Morgan fingerprint density at radius 3 is 2.81 bits per heavy atom. The summed E-state index contributed by atoms with van der Waals surface area (Å²) < 4.78 is 7.52. The van der Waals surface area contributed by atoms with Gasteiger partial charge in [0, 0.05) is 11.1 Å².